The lowest BCUT2D eigenvalue weighted by atomic mass is 10.2. The van der Waals surface area contributed by atoms with Gasteiger partial charge in [0.25, 0.3) is 5.91 Å². The van der Waals surface area contributed by atoms with Crippen LogP contribution in [0.4, 0.5) is 0 Å². The molecule has 0 aliphatic heterocycles. The van der Waals surface area contributed by atoms with Crippen LogP contribution >= 0.6 is 28.1 Å². The number of thiocarbonyl (C=S) groups is 1. The summed E-state index contributed by atoms with van der Waals surface area (Å²) in [5, 5.41) is 13.1. The highest BCUT2D eigenvalue weighted by atomic mass is 79.9. The maximum absolute atomic E-state index is 11.6. The number of carboxylic acid groups (broad SMARTS) is 1. The first kappa shape index (κ1) is 13.6. The molecule has 0 aromatic heterocycles. The van der Waals surface area contributed by atoms with Crippen molar-refractivity contribution in [3.8, 4) is 0 Å². The molecule has 3 N–H and O–H groups in total. The van der Waals surface area contributed by atoms with E-state index in [-0.39, 0.29) is 17.6 Å². The lowest BCUT2D eigenvalue weighted by Crippen LogP contribution is -2.41. The summed E-state index contributed by atoms with van der Waals surface area (Å²) >= 11 is 8.01. The van der Waals surface area contributed by atoms with Gasteiger partial charge in [-0.1, -0.05) is 15.9 Å². The first-order valence-corrected chi connectivity index (χ1v) is 5.75. The fourth-order valence-electron chi connectivity index (χ4n) is 0.977. The Balaban J connectivity index is 2.51. The Morgan fingerprint density at radius 3 is 2.41 bits per heavy atom. The van der Waals surface area contributed by atoms with Gasteiger partial charge in [-0.05, 0) is 36.5 Å². The van der Waals surface area contributed by atoms with E-state index in [9.17, 15) is 9.59 Å². The van der Waals surface area contributed by atoms with Gasteiger partial charge in [-0.15, -0.1) is 0 Å². The fraction of sp³-hybridized carbons (Fsp3) is 0.100. The number of carbonyl (C=O) groups is 2. The minimum Gasteiger partial charge on any atom is -0.480 e. The third-order valence-corrected chi connectivity index (χ3v) is 2.51. The average molecular weight is 317 g/mol. The van der Waals surface area contributed by atoms with Gasteiger partial charge < -0.3 is 10.4 Å². The molecule has 0 fully saturated rings. The van der Waals surface area contributed by atoms with Gasteiger partial charge in [-0.3, -0.25) is 14.9 Å². The van der Waals surface area contributed by atoms with Crippen LogP contribution in [0.5, 0.6) is 0 Å². The summed E-state index contributed by atoms with van der Waals surface area (Å²) in [5.41, 5.74) is 0.438. The van der Waals surface area contributed by atoms with E-state index in [4.69, 9.17) is 17.3 Å². The maximum atomic E-state index is 11.6. The molecule has 0 spiro atoms. The van der Waals surface area contributed by atoms with E-state index in [0.717, 1.165) is 4.47 Å². The van der Waals surface area contributed by atoms with E-state index < -0.39 is 5.97 Å². The number of hydrogen-bond acceptors (Lipinski definition) is 3. The number of nitrogens with one attached hydrogen (secondary N) is 2. The molecule has 1 rings (SSSR count). The third-order valence-electron chi connectivity index (χ3n) is 1.73. The molecule has 7 heteroatoms. The van der Waals surface area contributed by atoms with Gasteiger partial charge in [0.15, 0.2) is 5.11 Å². The number of amides is 1. The van der Waals surface area contributed by atoms with Gasteiger partial charge in [-0.2, -0.15) is 0 Å². The van der Waals surface area contributed by atoms with Crippen LogP contribution in [0.15, 0.2) is 28.7 Å². The monoisotopic (exact) mass is 316 g/mol. The second-order valence-corrected chi connectivity index (χ2v) is 4.36. The van der Waals surface area contributed by atoms with E-state index >= 15 is 0 Å². The van der Waals surface area contributed by atoms with Gasteiger partial charge in [0.1, 0.15) is 6.54 Å². The molecule has 0 aliphatic carbocycles. The number of rotatable bonds is 3. The van der Waals surface area contributed by atoms with Crippen LogP contribution in [-0.2, 0) is 4.79 Å². The summed E-state index contributed by atoms with van der Waals surface area (Å²) in [4.78, 5) is 21.9. The van der Waals surface area contributed by atoms with Crippen molar-refractivity contribution in [1.82, 2.24) is 10.6 Å². The van der Waals surface area contributed by atoms with E-state index in [1.807, 2.05) is 0 Å². The highest BCUT2D eigenvalue weighted by molar-refractivity contribution is 9.10. The van der Waals surface area contributed by atoms with E-state index in [1.165, 1.54) is 0 Å². The van der Waals surface area contributed by atoms with E-state index in [1.54, 1.807) is 24.3 Å². The second-order valence-electron chi connectivity index (χ2n) is 3.04. The second kappa shape index (κ2) is 6.31. The highest BCUT2D eigenvalue weighted by Crippen LogP contribution is 2.10. The first-order valence-electron chi connectivity index (χ1n) is 4.55. The molecule has 5 nitrogen and oxygen atoms in total. The topological polar surface area (TPSA) is 78.4 Å². The molecule has 1 aromatic carbocycles. The van der Waals surface area contributed by atoms with Crippen LogP contribution in [0.2, 0.25) is 0 Å². The molecule has 0 aliphatic rings. The Kier molecular flexibility index (Phi) is 5.05. The molecule has 1 aromatic rings. The number of benzene rings is 1. The van der Waals surface area contributed by atoms with Crippen LogP contribution in [0.1, 0.15) is 10.4 Å². The Morgan fingerprint density at radius 2 is 1.88 bits per heavy atom. The summed E-state index contributed by atoms with van der Waals surface area (Å²) in [7, 11) is 0. The SMILES string of the molecule is O=C(O)CNC(=S)NC(=O)c1ccc(Br)cc1. The van der Waals surface area contributed by atoms with Crippen LogP contribution in [-0.4, -0.2) is 28.6 Å². The molecule has 0 heterocycles. The Bertz CT molecular complexity index is 447. The number of aliphatic carboxylic acids is 1. The van der Waals surface area contributed by atoms with Crippen molar-refractivity contribution in [1.29, 1.82) is 0 Å². The van der Waals surface area contributed by atoms with Crippen molar-refractivity contribution >= 4 is 45.1 Å². The summed E-state index contributed by atoms with van der Waals surface area (Å²) in [5.74, 6) is -1.44. The molecule has 90 valence electrons. The third kappa shape index (κ3) is 4.92. The Hall–Kier alpha value is -1.47. The van der Waals surface area contributed by atoms with Gasteiger partial charge in [-0.25, -0.2) is 0 Å². The van der Waals surface area contributed by atoms with Crippen molar-refractivity contribution in [2.45, 2.75) is 0 Å². The highest BCUT2D eigenvalue weighted by Gasteiger charge is 2.07. The number of carboxylic acids is 1. The van der Waals surface area contributed by atoms with E-state index in [0.29, 0.717) is 5.56 Å². The maximum Gasteiger partial charge on any atom is 0.322 e. The largest absolute Gasteiger partial charge is 0.480 e. The fourth-order valence-corrected chi connectivity index (χ4v) is 1.41. The molecule has 0 bridgehead atoms. The molecule has 0 saturated carbocycles. The Morgan fingerprint density at radius 1 is 1.29 bits per heavy atom. The summed E-state index contributed by atoms with van der Waals surface area (Å²) in [6.07, 6.45) is 0. The molecule has 0 radical (unpaired) electrons. The van der Waals surface area contributed by atoms with Gasteiger partial charge in [0, 0.05) is 10.0 Å². The molecular formula is C10H9BrN2O3S. The molecule has 17 heavy (non-hydrogen) atoms. The number of carbonyl (C=O) groups excluding carboxylic acids is 1. The minimum absolute atomic E-state index is 0.0136. The van der Waals surface area contributed by atoms with E-state index in [2.05, 4.69) is 26.6 Å². The quantitative estimate of drug-likeness (QED) is 0.729. The summed E-state index contributed by atoms with van der Waals surface area (Å²) in [6.45, 7) is -0.334. The Labute approximate surface area is 111 Å². The predicted molar refractivity (Wildman–Crippen MR) is 69.8 cm³/mol. The lowest BCUT2D eigenvalue weighted by molar-refractivity contribution is -0.135. The van der Waals surface area contributed by atoms with Gasteiger partial charge in [0.05, 0.1) is 0 Å². The molecule has 1 amide bonds. The zero-order valence-corrected chi connectivity index (χ0v) is 11.0. The zero-order chi connectivity index (χ0) is 12.8. The van der Waals surface area contributed by atoms with Crippen molar-refractivity contribution in [3.05, 3.63) is 34.3 Å². The number of hydrogen-bond donors (Lipinski definition) is 3. The zero-order valence-electron chi connectivity index (χ0n) is 8.57. The van der Waals surface area contributed by atoms with Gasteiger partial charge >= 0.3 is 5.97 Å². The van der Waals surface area contributed by atoms with Crippen LogP contribution < -0.4 is 10.6 Å². The average Bonchev–Trinajstić information content (AvgIpc) is 2.27. The summed E-state index contributed by atoms with van der Waals surface area (Å²) < 4.78 is 0.862. The first-order chi connectivity index (χ1) is 7.99. The van der Waals surface area contributed by atoms with Crippen molar-refractivity contribution < 1.29 is 14.7 Å². The van der Waals surface area contributed by atoms with Crippen molar-refractivity contribution in [3.63, 3.8) is 0 Å². The standard InChI is InChI=1S/C10H9BrN2O3S/c11-7-3-1-6(2-4-7)9(16)13-10(17)12-5-8(14)15/h1-4H,5H2,(H,14,15)(H2,12,13,16,17). The molecule has 0 unspecified atom stereocenters. The van der Waals surface area contributed by atoms with Crippen LogP contribution in [0.25, 0.3) is 0 Å². The molecule has 0 atom stereocenters. The van der Waals surface area contributed by atoms with Crippen molar-refractivity contribution in [2.24, 2.45) is 0 Å². The smallest absolute Gasteiger partial charge is 0.322 e. The predicted octanol–water partition coefficient (Wildman–Crippen LogP) is 1.14. The van der Waals surface area contributed by atoms with Crippen LogP contribution in [0.3, 0.4) is 0 Å². The van der Waals surface area contributed by atoms with Gasteiger partial charge in [0.2, 0.25) is 0 Å². The van der Waals surface area contributed by atoms with Crippen molar-refractivity contribution in [2.75, 3.05) is 6.54 Å². The minimum atomic E-state index is -1.05. The molecular weight excluding hydrogens is 308 g/mol. The lowest BCUT2D eigenvalue weighted by Gasteiger charge is -2.07. The molecule has 0 saturated heterocycles. The summed E-state index contributed by atoms with van der Waals surface area (Å²) in [6, 6.07) is 6.70. The van der Waals surface area contributed by atoms with Crippen LogP contribution in [0, 0.1) is 0 Å². The normalized spacial score (nSPS) is 9.47. The number of halogens is 1.